The zero-order valence-electron chi connectivity index (χ0n) is 50.4. The van der Waals surface area contributed by atoms with Gasteiger partial charge in [0.2, 0.25) is 11.8 Å². The van der Waals surface area contributed by atoms with E-state index in [1.807, 2.05) is 0 Å². The lowest BCUT2D eigenvalue weighted by atomic mass is 9.94. The number of hydrogen-bond acceptors (Lipinski definition) is 41. The van der Waals surface area contributed by atoms with Gasteiger partial charge in [0.25, 0.3) is 0 Å². The van der Waals surface area contributed by atoms with Crippen molar-refractivity contribution in [3.63, 3.8) is 0 Å². The Morgan fingerprint density at radius 2 is 0.568 bits per heavy atom. The molecule has 552 valence electrons. The number of rotatable bonds is 24. The summed E-state index contributed by atoms with van der Waals surface area (Å²) in [7, 11) is 0. The van der Waals surface area contributed by atoms with Gasteiger partial charge in [-0.2, -0.15) is 0 Å². The van der Waals surface area contributed by atoms with E-state index >= 15 is 0 Å². The molecular weight excluding hydrogens is 1310 g/mol. The first kappa shape index (κ1) is 78.1. The van der Waals surface area contributed by atoms with Crippen LogP contribution < -0.4 is 10.6 Å². The molecule has 8 saturated heterocycles. The normalized spacial score (nSPS) is 50.8. The van der Waals surface area contributed by atoms with Gasteiger partial charge in [0.1, 0.15) is 195 Å². The fraction of sp³-hybridized carbons (Fsp3) is 0.962. The number of carbonyl (C=O) groups excluding carboxylic acids is 2. The molecule has 8 rings (SSSR count). The first-order chi connectivity index (χ1) is 44.9. The Hall–Kier alpha value is -2.62. The standard InChI is InChI=1S/C52H88N2O41/c1-11(61)53-21-29(69)40(17(7-59)83-45(21)80)91-46-22(54-12(2)62)30(70)41(18(8-60)88-46)92-51-39(79)43(94-52-44(34(74)25(65)15(5-57)87-52)95-49-36(76)32(72)24(64)14(4-56)86-49)28(68)20(90-51)10-82-48-38(78)42(27(67)16(6-58)85-48)93-50-37(77)33(73)26(66)19(89-50)9-81-47-35(75)31(71)23(63)13(3-55)84-47/h13-52,55-60,63-80H,3-10H2,1-2H3,(H,53,61)(H,54,62)/t13-,14-,15-,16-,17-,18-,19-,20-,21-,22-,23-,24-,25-,26-,27-,28-,29-,30-,31+,32+,33+,34+,35+,36+,37+,38+,39+,40-,41-,42+,43+,44+,45-,46+,47+,48+,49-,50-,51+,52-/m1/s1. The second kappa shape index (κ2) is 33.9. The van der Waals surface area contributed by atoms with Gasteiger partial charge >= 0.3 is 0 Å². The molecule has 2 amide bonds. The molecule has 0 saturated carbocycles. The van der Waals surface area contributed by atoms with Crippen LogP contribution in [0, 0.1) is 0 Å². The number of hydrogen-bond donors (Lipinski definition) is 26. The lowest BCUT2D eigenvalue weighted by Gasteiger charge is -2.50. The minimum atomic E-state index is -2.46. The second-order valence-electron chi connectivity index (χ2n) is 23.9. The van der Waals surface area contributed by atoms with E-state index in [2.05, 4.69) is 10.6 Å². The van der Waals surface area contributed by atoms with E-state index in [0.717, 1.165) is 13.8 Å². The third kappa shape index (κ3) is 17.0. The summed E-state index contributed by atoms with van der Waals surface area (Å²) in [6.07, 6.45) is -77.0. The van der Waals surface area contributed by atoms with E-state index in [1.54, 1.807) is 0 Å². The highest BCUT2D eigenvalue weighted by Gasteiger charge is 2.59. The van der Waals surface area contributed by atoms with Crippen molar-refractivity contribution < 1.29 is 203 Å². The Kier molecular flexibility index (Phi) is 27.9. The lowest BCUT2D eigenvalue weighted by molar-refractivity contribution is -0.399. The highest BCUT2D eigenvalue weighted by molar-refractivity contribution is 5.73. The molecule has 8 heterocycles. The third-order valence-electron chi connectivity index (χ3n) is 17.4. The molecule has 0 aromatic carbocycles. The van der Waals surface area contributed by atoms with Crippen molar-refractivity contribution in [2.45, 2.75) is 259 Å². The molecule has 0 bridgehead atoms. The largest absolute Gasteiger partial charge is 0.394 e. The van der Waals surface area contributed by atoms with E-state index in [1.165, 1.54) is 0 Å². The summed E-state index contributed by atoms with van der Waals surface area (Å²) >= 11 is 0. The Bertz CT molecular complexity index is 2380. The van der Waals surface area contributed by atoms with Crippen LogP contribution in [0.1, 0.15) is 13.8 Å². The molecule has 8 aliphatic rings. The number of ether oxygens (including phenoxy) is 15. The second-order valence-corrected chi connectivity index (χ2v) is 23.9. The predicted molar refractivity (Wildman–Crippen MR) is 288 cm³/mol. The van der Waals surface area contributed by atoms with Crippen molar-refractivity contribution in [1.29, 1.82) is 0 Å². The number of aliphatic hydroxyl groups excluding tert-OH is 24. The van der Waals surface area contributed by atoms with Crippen molar-refractivity contribution in [2.75, 3.05) is 52.9 Å². The van der Waals surface area contributed by atoms with Gasteiger partial charge in [-0.25, -0.2) is 0 Å². The highest BCUT2D eigenvalue weighted by Crippen LogP contribution is 2.38. The number of aliphatic hydroxyl groups is 24. The van der Waals surface area contributed by atoms with Gasteiger partial charge in [0.15, 0.2) is 50.3 Å². The van der Waals surface area contributed by atoms with Crippen molar-refractivity contribution in [3.05, 3.63) is 0 Å². The molecule has 43 heteroatoms. The molecule has 0 aliphatic carbocycles. The van der Waals surface area contributed by atoms with Gasteiger partial charge in [-0.05, 0) is 0 Å². The zero-order valence-corrected chi connectivity index (χ0v) is 50.4. The average Bonchev–Trinajstić information content (AvgIpc) is 0.777. The van der Waals surface area contributed by atoms with Gasteiger partial charge in [0.05, 0.1) is 52.9 Å². The van der Waals surface area contributed by atoms with Crippen molar-refractivity contribution in [1.82, 2.24) is 10.6 Å². The molecular formula is C52H88N2O41. The highest BCUT2D eigenvalue weighted by atomic mass is 16.8. The molecule has 0 aromatic heterocycles. The molecule has 8 fully saturated rings. The maximum absolute atomic E-state index is 12.8. The predicted octanol–water partition coefficient (Wildman–Crippen LogP) is -18.2. The van der Waals surface area contributed by atoms with Crippen LogP contribution in [0.15, 0.2) is 0 Å². The summed E-state index contributed by atoms with van der Waals surface area (Å²) < 4.78 is 86.1. The SMILES string of the molecule is CC(=O)N[C@@H]1[C@@H](O)[C@H](O[C@@H]2O[C@H](CO)[C@@H](O[C@@H]3O[C@H](CO[C@H]4O[C@H](CO)[C@@H](O)[C@H](O[C@H]5O[C@H](CO[C@H]6O[C@H](CO)[C@@H](O)[C@H](O)[C@@H]6O)[C@@H](O)[C@H](O)[C@@H]5O)[C@@H]4O)[C@@H](O)[C@H](O[C@H]4O[C@H](CO)[C@@H](O)[C@H](O)[C@@H]4O[C@H]4O[C@H](CO)[C@@H](O)[C@H](O)[C@@H]4O)[C@@H]3O)[C@H](O)[C@H]2NC(C)=O)[C@@H](CO)O[C@H]1O. The molecule has 26 N–H and O–H groups in total. The molecule has 95 heavy (non-hydrogen) atoms. The molecule has 8 aliphatic heterocycles. The minimum absolute atomic E-state index is 0.760. The summed E-state index contributed by atoms with van der Waals surface area (Å²) in [4.78, 5) is 24.8. The third-order valence-corrected chi connectivity index (χ3v) is 17.4. The number of nitrogens with one attached hydrogen (secondary N) is 2. The average molecular weight is 1400 g/mol. The van der Waals surface area contributed by atoms with Crippen LogP contribution in [0.25, 0.3) is 0 Å². The Morgan fingerprint density at radius 3 is 1.05 bits per heavy atom. The van der Waals surface area contributed by atoms with Crippen LogP contribution in [-0.4, -0.2) is 433 Å². The van der Waals surface area contributed by atoms with Crippen LogP contribution in [-0.2, 0) is 80.6 Å². The van der Waals surface area contributed by atoms with Gasteiger partial charge in [0, 0.05) is 13.8 Å². The molecule has 0 radical (unpaired) electrons. The zero-order chi connectivity index (χ0) is 69.9. The monoisotopic (exact) mass is 1400 g/mol. The Balaban J connectivity index is 1.07. The summed E-state index contributed by atoms with van der Waals surface area (Å²) in [5.41, 5.74) is 0. The molecule has 43 nitrogen and oxygen atoms in total. The van der Waals surface area contributed by atoms with Crippen molar-refractivity contribution in [2.24, 2.45) is 0 Å². The minimum Gasteiger partial charge on any atom is -0.394 e. The fourth-order valence-electron chi connectivity index (χ4n) is 12.1. The van der Waals surface area contributed by atoms with Crippen LogP contribution in [0.3, 0.4) is 0 Å². The quantitative estimate of drug-likeness (QED) is 0.0427. The first-order valence-electron chi connectivity index (χ1n) is 30.1. The summed E-state index contributed by atoms with van der Waals surface area (Å²) in [6, 6.07) is -3.46. The first-order valence-corrected chi connectivity index (χ1v) is 30.1. The van der Waals surface area contributed by atoms with E-state index in [0.29, 0.717) is 0 Å². The molecule has 0 aromatic rings. The Morgan fingerprint density at radius 1 is 0.274 bits per heavy atom. The topological polar surface area (TPSA) is 682 Å². The number of amides is 2. The van der Waals surface area contributed by atoms with Gasteiger partial charge in [-0.3, -0.25) is 9.59 Å². The van der Waals surface area contributed by atoms with Gasteiger partial charge < -0.3 is 204 Å². The van der Waals surface area contributed by atoms with Crippen LogP contribution in [0.5, 0.6) is 0 Å². The summed E-state index contributed by atoms with van der Waals surface area (Å²) in [5, 5.41) is 265. The maximum atomic E-state index is 12.8. The maximum Gasteiger partial charge on any atom is 0.217 e. The van der Waals surface area contributed by atoms with Gasteiger partial charge in [-0.1, -0.05) is 0 Å². The molecule has 0 unspecified atom stereocenters. The van der Waals surface area contributed by atoms with Crippen molar-refractivity contribution >= 4 is 11.8 Å². The van der Waals surface area contributed by atoms with Crippen LogP contribution in [0.2, 0.25) is 0 Å². The van der Waals surface area contributed by atoms with Gasteiger partial charge in [-0.15, -0.1) is 0 Å². The van der Waals surface area contributed by atoms with E-state index in [9.17, 15) is 132 Å². The van der Waals surface area contributed by atoms with E-state index < -0.39 is 310 Å². The van der Waals surface area contributed by atoms with Crippen molar-refractivity contribution in [3.8, 4) is 0 Å². The summed E-state index contributed by atoms with van der Waals surface area (Å²) in [6.45, 7) is -6.10. The fourth-order valence-corrected chi connectivity index (χ4v) is 12.1. The molecule has 40 atom stereocenters. The lowest BCUT2D eigenvalue weighted by Crippen LogP contribution is -2.70. The summed E-state index contributed by atoms with van der Waals surface area (Å²) in [5.74, 6) is -1.66. The van der Waals surface area contributed by atoms with Crippen LogP contribution in [0.4, 0.5) is 0 Å². The van der Waals surface area contributed by atoms with Crippen LogP contribution >= 0.6 is 0 Å². The number of carbonyl (C=O) groups is 2. The smallest absolute Gasteiger partial charge is 0.217 e. The molecule has 0 spiro atoms. The van der Waals surface area contributed by atoms with E-state index in [-0.39, 0.29) is 0 Å². The van der Waals surface area contributed by atoms with E-state index in [4.69, 9.17) is 71.1 Å². The Labute approximate surface area is 536 Å².